The maximum absolute atomic E-state index is 11.8. The van der Waals surface area contributed by atoms with E-state index in [-0.39, 0.29) is 11.4 Å². The van der Waals surface area contributed by atoms with Gasteiger partial charge in [-0.05, 0) is 53.8 Å². The predicted octanol–water partition coefficient (Wildman–Crippen LogP) is 2.55. The zero-order valence-corrected chi connectivity index (χ0v) is 13.9. The average molecular weight is 411 g/mol. The van der Waals surface area contributed by atoms with Crippen LogP contribution in [-0.2, 0) is 0 Å². The summed E-state index contributed by atoms with van der Waals surface area (Å²) < 4.78 is 6.23. The van der Waals surface area contributed by atoms with E-state index in [1.807, 2.05) is 6.92 Å². The molecular formula is C15H14IN3O3. The molecule has 114 valence electrons. The van der Waals surface area contributed by atoms with E-state index in [0.717, 1.165) is 3.57 Å². The van der Waals surface area contributed by atoms with E-state index in [1.54, 1.807) is 30.3 Å². The lowest BCUT2D eigenvalue weighted by Gasteiger charge is -2.08. The van der Waals surface area contributed by atoms with E-state index in [2.05, 4.69) is 38.1 Å². The molecule has 0 radical (unpaired) electrons. The van der Waals surface area contributed by atoms with Gasteiger partial charge in [0.15, 0.2) is 11.5 Å². The van der Waals surface area contributed by atoms with Gasteiger partial charge in [-0.15, -0.1) is 0 Å². The van der Waals surface area contributed by atoms with E-state index < -0.39 is 5.91 Å². The molecule has 6 nitrogen and oxygen atoms in total. The largest absolute Gasteiger partial charge is 0.504 e. The highest BCUT2D eigenvalue weighted by atomic mass is 127. The Morgan fingerprint density at radius 3 is 3.00 bits per heavy atom. The quantitative estimate of drug-likeness (QED) is 0.450. The van der Waals surface area contributed by atoms with Crippen LogP contribution in [0.4, 0.5) is 0 Å². The van der Waals surface area contributed by atoms with Crippen molar-refractivity contribution >= 4 is 34.7 Å². The van der Waals surface area contributed by atoms with Crippen molar-refractivity contribution in [1.29, 1.82) is 0 Å². The molecule has 22 heavy (non-hydrogen) atoms. The molecule has 0 saturated heterocycles. The average Bonchev–Trinajstić information content (AvgIpc) is 2.52. The first kappa shape index (κ1) is 16.2. The molecule has 0 aliphatic rings. The summed E-state index contributed by atoms with van der Waals surface area (Å²) in [5, 5.41) is 13.9. The first-order chi connectivity index (χ1) is 10.6. The van der Waals surface area contributed by atoms with Crippen molar-refractivity contribution in [2.24, 2.45) is 5.10 Å². The molecule has 1 aromatic carbocycles. The van der Waals surface area contributed by atoms with Crippen LogP contribution in [0.2, 0.25) is 0 Å². The number of halogens is 1. The molecule has 0 spiro atoms. The van der Waals surface area contributed by atoms with Gasteiger partial charge in [0.2, 0.25) is 0 Å². The number of hydrogen-bond acceptors (Lipinski definition) is 5. The Balaban J connectivity index is 2.12. The molecular weight excluding hydrogens is 397 g/mol. The monoisotopic (exact) mass is 411 g/mol. The maximum atomic E-state index is 11.8. The smallest absolute Gasteiger partial charge is 0.289 e. The number of pyridine rings is 1. The van der Waals surface area contributed by atoms with E-state index in [1.165, 1.54) is 12.4 Å². The fourth-order valence-electron chi connectivity index (χ4n) is 1.67. The van der Waals surface area contributed by atoms with Crippen LogP contribution >= 0.6 is 22.6 Å². The van der Waals surface area contributed by atoms with Crippen molar-refractivity contribution in [3.63, 3.8) is 0 Å². The normalized spacial score (nSPS) is 10.6. The second kappa shape index (κ2) is 7.74. The molecule has 0 aliphatic carbocycles. The summed E-state index contributed by atoms with van der Waals surface area (Å²) in [6.07, 6.45) is 2.89. The lowest BCUT2D eigenvalue weighted by Crippen LogP contribution is -2.18. The first-order valence-electron chi connectivity index (χ1n) is 6.51. The number of rotatable bonds is 5. The lowest BCUT2D eigenvalue weighted by atomic mass is 10.2. The van der Waals surface area contributed by atoms with Crippen LogP contribution in [0.3, 0.4) is 0 Å². The molecule has 7 heteroatoms. The highest BCUT2D eigenvalue weighted by molar-refractivity contribution is 14.1. The number of nitrogens with zero attached hydrogens (tertiary/aromatic N) is 2. The second-order valence-electron chi connectivity index (χ2n) is 4.19. The number of benzene rings is 1. The van der Waals surface area contributed by atoms with Gasteiger partial charge in [0.25, 0.3) is 5.91 Å². The molecule has 2 aromatic rings. The molecule has 0 saturated carbocycles. The minimum Gasteiger partial charge on any atom is -0.504 e. The summed E-state index contributed by atoms with van der Waals surface area (Å²) in [5.74, 6) is -0.0583. The Hall–Kier alpha value is -2.16. The summed E-state index contributed by atoms with van der Waals surface area (Å²) in [6, 6.07) is 8.48. The van der Waals surface area contributed by atoms with Gasteiger partial charge in [-0.25, -0.2) is 5.43 Å². The van der Waals surface area contributed by atoms with Gasteiger partial charge in [-0.2, -0.15) is 5.10 Å². The molecule has 0 bridgehead atoms. The highest BCUT2D eigenvalue weighted by Gasteiger charge is 2.09. The molecule has 1 aromatic heterocycles. The lowest BCUT2D eigenvalue weighted by molar-refractivity contribution is 0.0950. The van der Waals surface area contributed by atoms with Crippen molar-refractivity contribution in [3.8, 4) is 11.5 Å². The van der Waals surface area contributed by atoms with Crippen molar-refractivity contribution in [1.82, 2.24) is 10.4 Å². The number of aromatic hydroxyl groups is 1. The number of hydrazone groups is 1. The molecule has 1 amide bonds. The molecule has 1 heterocycles. The number of nitrogens with one attached hydrogen (secondary N) is 1. The minimum absolute atomic E-state index is 0.0156. The number of carbonyl (C=O) groups is 1. The third-order valence-electron chi connectivity index (χ3n) is 2.64. The predicted molar refractivity (Wildman–Crippen MR) is 91.3 cm³/mol. The first-order valence-corrected chi connectivity index (χ1v) is 7.59. The molecule has 0 atom stereocenters. The van der Waals surface area contributed by atoms with Crippen LogP contribution in [0.25, 0.3) is 0 Å². The maximum Gasteiger partial charge on any atom is 0.289 e. The van der Waals surface area contributed by atoms with Gasteiger partial charge in [0.1, 0.15) is 5.69 Å². The Kier molecular flexibility index (Phi) is 5.70. The number of carbonyl (C=O) groups excluding carboxylic acids is 1. The fourth-order valence-corrected chi connectivity index (χ4v) is 2.29. The SMILES string of the molecule is CCOc1cc(I)cc(/C=N/NC(=O)c2ccccn2)c1O. The Morgan fingerprint density at radius 1 is 1.50 bits per heavy atom. The minimum atomic E-state index is -0.424. The van der Waals surface area contributed by atoms with Crippen LogP contribution in [0.5, 0.6) is 11.5 Å². The van der Waals surface area contributed by atoms with Crippen molar-refractivity contribution < 1.29 is 14.6 Å². The van der Waals surface area contributed by atoms with Crippen LogP contribution in [-0.4, -0.2) is 28.8 Å². The van der Waals surface area contributed by atoms with Crippen LogP contribution in [0.15, 0.2) is 41.6 Å². The number of ether oxygens (including phenoxy) is 1. The summed E-state index contributed by atoms with van der Waals surface area (Å²) in [4.78, 5) is 15.7. The Labute approximate surface area is 141 Å². The van der Waals surface area contributed by atoms with Gasteiger partial charge in [-0.1, -0.05) is 6.07 Å². The molecule has 2 rings (SSSR count). The summed E-state index contributed by atoms with van der Waals surface area (Å²) in [7, 11) is 0. The van der Waals surface area contributed by atoms with Gasteiger partial charge in [-0.3, -0.25) is 9.78 Å². The molecule has 2 N–H and O–H groups in total. The third kappa shape index (κ3) is 4.17. The Bertz CT molecular complexity index is 690. The van der Waals surface area contributed by atoms with E-state index >= 15 is 0 Å². The number of amides is 1. The van der Waals surface area contributed by atoms with Gasteiger partial charge in [0, 0.05) is 15.3 Å². The number of phenolic OH excluding ortho intramolecular Hbond substituents is 1. The van der Waals surface area contributed by atoms with Crippen molar-refractivity contribution in [2.75, 3.05) is 6.61 Å². The Morgan fingerprint density at radius 2 is 2.32 bits per heavy atom. The zero-order chi connectivity index (χ0) is 15.9. The highest BCUT2D eigenvalue weighted by Crippen LogP contribution is 2.31. The topological polar surface area (TPSA) is 83.8 Å². The summed E-state index contributed by atoms with van der Waals surface area (Å²) in [5.41, 5.74) is 3.08. The summed E-state index contributed by atoms with van der Waals surface area (Å²) in [6.45, 7) is 2.28. The van der Waals surface area contributed by atoms with E-state index in [9.17, 15) is 9.90 Å². The van der Waals surface area contributed by atoms with Crippen LogP contribution < -0.4 is 10.2 Å². The molecule has 0 aliphatic heterocycles. The van der Waals surface area contributed by atoms with Gasteiger partial charge >= 0.3 is 0 Å². The van der Waals surface area contributed by atoms with Gasteiger partial charge in [0.05, 0.1) is 12.8 Å². The van der Waals surface area contributed by atoms with Crippen LogP contribution in [0, 0.1) is 3.57 Å². The van der Waals surface area contributed by atoms with E-state index in [0.29, 0.717) is 17.9 Å². The van der Waals surface area contributed by atoms with E-state index in [4.69, 9.17) is 4.74 Å². The van der Waals surface area contributed by atoms with Crippen molar-refractivity contribution in [2.45, 2.75) is 6.92 Å². The molecule has 0 unspecified atom stereocenters. The number of phenols is 1. The van der Waals surface area contributed by atoms with Crippen molar-refractivity contribution in [3.05, 3.63) is 51.4 Å². The third-order valence-corrected chi connectivity index (χ3v) is 3.26. The fraction of sp³-hybridized carbons (Fsp3) is 0.133. The standard InChI is InChI=1S/C15H14IN3O3/c1-2-22-13-8-11(16)7-10(14(13)20)9-18-19-15(21)12-5-3-4-6-17-12/h3-9,20H,2H2,1H3,(H,19,21)/b18-9+. The number of hydrogen-bond donors (Lipinski definition) is 2. The molecule has 0 fully saturated rings. The van der Waals surface area contributed by atoms with Gasteiger partial charge < -0.3 is 9.84 Å². The zero-order valence-electron chi connectivity index (χ0n) is 11.8. The second-order valence-corrected chi connectivity index (χ2v) is 5.43. The van der Waals surface area contributed by atoms with Crippen LogP contribution in [0.1, 0.15) is 23.0 Å². The number of aromatic nitrogens is 1. The summed E-state index contributed by atoms with van der Waals surface area (Å²) >= 11 is 2.11.